The highest BCUT2D eigenvalue weighted by molar-refractivity contribution is 7.88. The van der Waals surface area contributed by atoms with Gasteiger partial charge in [0.25, 0.3) is 0 Å². The van der Waals surface area contributed by atoms with Gasteiger partial charge in [-0.1, -0.05) is 20.3 Å². The number of nitrogen functional groups attached to an aromatic ring is 1. The topological polar surface area (TPSA) is 117 Å². The third-order valence-corrected chi connectivity index (χ3v) is 5.42. The Morgan fingerprint density at radius 1 is 1.31 bits per heavy atom. The van der Waals surface area contributed by atoms with Gasteiger partial charge in [0.05, 0.1) is 18.1 Å². The van der Waals surface area contributed by atoms with Gasteiger partial charge in [-0.25, -0.2) is 26.6 Å². The zero-order valence-corrected chi connectivity index (χ0v) is 15.9. The first kappa shape index (κ1) is 20.1. The molecule has 1 aliphatic rings. The molecule has 142 valence electrons. The van der Waals surface area contributed by atoms with Gasteiger partial charge in [-0.05, 0) is 18.8 Å². The highest BCUT2D eigenvalue weighted by Gasteiger charge is 2.21. The molecule has 1 saturated heterocycles. The van der Waals surface area contributed by atoms with Crippen LogP contribution in [-0.2, 0) is 10.0 Å². The number of nitrogens with two attached hydrogens (primary N) is 1. The second-order valence-corrected chi connectivity index (χ2v) is 8.46. The summed E-state index contributed by atoms with van der Waals surface area (Å²) in [6.07, 6.45) is 5.77. The predicted octanol–water partition coefficient (Wildman–Crippen LogP) is 1.88. The fourth-order valence-electron chi connectivity index (χ4n) is 2.88. The minimum absolute atomic E-state index is 0.00917. The molecule has 0 saturated carbocycles. The van der Waals surface area contributed by atoms with Crippen molar-refractivity contribution in [3.63, 3.8) is 0 Å². The van der Waals surface area contributed by atoms with Crippen LogP contribution in [0.1, 0.15) is 50.3 Å². The van der Waals surface area contributed by atoms with E-state index in [4.69, 9.17) is 11.0 Å². The minimum Gasteiger partial charge on any atom is -0.367 e. The van der Waals surface area contributed by atoms with Gasteiger partial charge in [-0.2, -0.15) is 5.26 Å². The highest BCUT2D eigenvalue weighted by atomic mass is 32.2. The van der Waals surface area contributed by atoms with Crippen LogP contribution >= 0.6 is 0 Å². The van der Waals surface area contributed by atoms with Crippen LogP contribution in [0.2, 0.25) is 0 Å². The van der Waals surface area contributed by atoms with Crippen molar-refractivity contribution >= 4 is 21.5 Å². The smallest absolute Gasteiger partial charge is 0.238 e. The van der Waals surface area contributed by atoms with E-state index < -0.39 is 15.8 Å². The molecular weight excluding hydrogens is 359 g/mol. The number of rotatable bonds is 2. The van der Waals surface area contributed by atoms with Crippen molar-refractivity contribution in [2.45, 2.75) is 39.0 Å². The molecule has 0 atom stereocenters. The van der Waals surface area contributed by atoms with E-state index >= 15 is 0 Å². The van der Waals surface area contributed by atoms with E-state index in [1.807, 2.05) is 19.9 Å². The van der Waals surface area contributed by atoms with Crippen molar-refractivity contribution in [3.8, 4) is 6.07 Å². The third-order valence-electron chi connectivity index (χ3n) is 4.12. The Kier molecular flexibility index (Phi) is 6.15. The molecule has 10 heteroatoms. The SMILES string of the molecule is CC(C)c1c(C#N)c(F)c2cnc(N)nn12.CS(=O)(=O)N1CCCCC1. The number of sulfonamides is 1. The van der Waals surface area contributed by atoms with Crippen LogP contribution in [0.25, 0.3) is 5.52 Å². The maximum absolute atomic E-state index is 13.8. The molecule has 0 spiro atoms. The van der Waals surface area contributed by atoms with Crippen LogP contribution in [0, 0.1) is 17.1 Å². The zero-order valence-electron chi connectivity index (χ0n) is 15.1. The molecule has 1 aliphatic heterocycles. The maximum atomic E-state index is 13.8. The van der Waals surface area contributed by atoms with E-state index in [1.165, 1.54) is 23.4 Å². The molecule has 3 heterocycles. The summed E-state index contributed by atoms with van der Waals surface area (Å²) in [6, 6.07) is 1.85. The predicted molar refractivity (Wildman–Crippen MR) is 96.4 cm³/mol. The normalized spacial score (nSPS) is 15.5. The standard InChI is InChI=1S/C10H10FN5.C6H13NO2S/c1-5(2)9-6(3-12)8(11)7-4-14-10(13)15-16(7)9;1-10(8,9)7-5-3-2-4-6-7/h4-5H,1-2H3,(H2,13,15);2-6H2,1H3. The average molecular weight is 382 g/mol. The summed E-state index contributed by atoms with van der Waals surface area (Å²) in [4.78, 5) is 3.71. The van der Waals surface area contributed by atoms with Gasteiger partial charge in [0.15, 0.2) is 5.82 Å². The van der Waals surface area contributed by atoms with Gasteiger partial charge in [0, 0.05) is 13.1 Å². The van der Waals surface area contributed by atoms with Gasteiger partial charge in [-0.15, -0.1) is 5.10 Å². The molecule has 3 rings (SSSR count). The Hall–Kier alpha value is -2.25. The molecule has 0 unspecified atom stereocenters. The molecule has 26 heavy (non-hydrogen) atoms. The average Bonchev–Trinajstić information content (AvgIpc) is 2.87. The molecule has 0 amide bonds. The summed E-state index contributed by atoms with van der Waals surface area (Å²) in [6.45, 7) is 5.17. The lowest BCUT2D eigenvalue weighted by Crippen LogP contribution is -2.34. The van der Waals surface area contributed by atoms with Crippen molar-refractivity contribution in [2.75, 3.05) is 25.1 Å². The molecule has 0 aliphatic carbocycles. The van der Waals surface area contributed by atoms with E-state index in [2.05, 4.69) is 10.1 Å². The number of hydrogen-bond acceptors (Lipinski definition) is 6. The summed E-state index contributed by atoms with van der Waals surface area (Å²) < 4.78 is 38.5. The number of nitriles is 1. The monoisotopic (exact) mass is 382 g/mol. The van der Waals surface area contributed by atoms with Crippen LogP contribution in [0.5, 0.6) is 0 Å². The summed E-state index contributed by atoms with van der Waals surface area (Å²) in [5.41, 5.74) is 6.15. The number of fused-ring (bicyclic) bond motifs is 1. The Balaban J connectivity index is 0.000000209. The number of hydrogen-bond donors (Lipinski definition) is 1. The Morgan fingerprint density at radius 3 is 2.38 bits per heavy atom. The highest BCUT2D eigenvalue weighted by Crippen LogP contribution is 2.26. The van der Waals surface area contributed by atoms with Crippen LogP contribution in [0.4, 0.5) is 10.3 Å². The lowest BCUT2D eigenvalue weighted by atomic mass is 10.1. The van der Waals surface area contributed by atoms with Crippen molar-refractivity contribution < 1.29 is 12.8 Å². The lowest BCUT2D eigenvalue weighted by Gasteiger charge is -2.23. The molecule has 0 radical (unpaired) electrons. The summed E-state index contributed by atoms with van der Waals surface area (Å²) in [5.74, 6) is -0.568. The number of nitrogens with zero attached hydrogens (tertiary/aromatic N) is 5. The lowest BCUT2D eigenvalue weighted by molar-refractivity contribution is 0.349. The maximum Gasteiger partial charge on any atom is 0.238 e. The molecular formula is C16H23FN6O2S. The van der Waals surface area contributed by atoms with E-state index in [0.717, 1.165) is 25.9 Å². The second kappa shape index (κ2) is 7.97. The van der Waals surface area contributed by atoms with Crippen LogP contribution in [0.3, 0.4) is 0 Å². The summed E-state index contributed by atoms with van der Waals surface area (Å²) in [7, 11) is -2.89. The Labute approximate surface area is 152 Å². The van der Waals surface area contributed by atoms with Crippen LogP contribution in [0.15, 0.2) is 6.20 Å². The van der Waals surface area contributed by atoms with E-state index in [-0.39, 0.29) is 22.9 Å². The fourth-order valence-corrected chi connectivity index (χ4v) is 3.80. The zero-order chi connectivity index (χ0) is 19.5. The van der Waals surface area contributed by atoms with Crippen molar-refractivity contribution in [3.05, 3.63) is 23.3 Å². The Morgan fingerprint density at radius 2 is 1.92 bits per heavy atom. The van der Waals surface area contributed by atoms with Crippen molar-refractivity contribution in [1.82, 2.24) is 18.9 Å². The first-order chi connectivity index (χ1) is 12.2. The largest absolute Gasteiger partial charge is 0.367 e. The van der Waals surface area contributed by atoms with Gasteiger partial charge >= 0.3 is 0 Å². The molecule has 0 bridgehead atoms. The molecule has 0 aromatic carbocycles. The van der Waals surface area contributed by atoms with Gasteiger partial charge in [0.1, 0.15) is 17.1 Å². The quantitative estimate of drug-likeness (QED) is 0.847. The number of piperidine rings is 1. The minimum atomic E-state index is -2.89. The van der Waals surface area contributed by atoms with Crippen LogP contribution in [-0.4, -0.2) is 46.7 Å². The number of aromatic nitrogens is 3. The number of halogens is 1. The molecule has 2 aromatic heterocycles. The third kappa shape index (κ3) is 4.28. The first-order valence-electron chi connectivity index (χ1n) is 8.34. The van der Waals surface area contributed by atoms with Gasteiger partial charge in [0.2, 0.25) is 16.0 Å². The van der Waals surface area contributed by atoms with Gasteiger partial charge in [-0.3, -0.25) is 0 Å². The second-order valence-electron chi connectivity index (χ2n) is 6.48. The first-order valence-corrected chi connectivity index (χ1v) is 10.2. The van der Waals surface area contributed by atoms with E-state index in [1.54, 1.807) is 4.31 Å². The van der Waals surface area contributed by atoms with Crippen molar-refractivity contribution in [2.24, 2.45) is 0 Å². The molecule has 1 fully saturated rings. The molecule has 8 nitrogen and oxygen atoms in total. The van der Waals surface area contributed by atoms with Crippen LogP contribution < -0.4 is 5.73 Å². The molecule has 2 aromatic rings. The Bertz CT molecular complexity index is 926. The number of anilines is 1. The summed E-state index contributed by atoms with van der Waals surface area (Å²) in [5, 5.41) is 12.9. The molecule has 2 N–H and O–H groups in total. The van der Waals surface area contributed by atoms with E-state index in [0.29, 0.717) is 5.69 Å². The summed E-state index contributed by atoms with van der Waals surface area (Å²) >= 11 is 0. The van der Waals surface area contributed by atoms with Crippen molar-refractivity contribution in [1.29, 1.82) is 5.26 Å². The fraction of sp³-hybridized carbons (Fsp3) is 0.562. The van der Waals surface area contributed by atoms with E-state index in [9.17, 15) is 12.8 Å². The van der Waals surface area contributed by atoms with Gasteiger partial charge < -0.3 is 5.73 Å².